The Morgan fingerprint density at radius 3 is 2.65 bits per heavy atom. The number of nitrogens with zero attached hydrogens (tertiary/aromatic N) is 1. The van der Waals surface area contributed by atoms with Crippen molar-refractivity contribution in [3.05, 3.63) is 53.3 Å². The van der Waals surface area contributed by atoms with Crippen molar-refractivity contribution < 1.29 is 13.9 Å². The number of alkyl halides is 1. The van der Waals surface area contributed by atoms with Crippen molar-refractivity contribution in [1.82, 2.24) is 0 Å². The van der Waals surface area contributed by atoms with Crippen LogP contribution in [0, 0.1) is 17.1 Å². The summed E-state index contributed by atoms with van der Waals surface area (Å²) < 4.78 is 24.3. The van der Waals surface area contributed by atoms with Crippen molar-refractivity contribution in [2.24, 2.45) is 0 Å². The van der Waals surface area contributed by atoms with E-state index in [2.05, 4.69) is 0 Å². The van der Waals surface area contributed by atoms with Gasteiger partial charge in [0.15, 0.2) is 0 Å². The van der Waals surface area contributed by atoms with E-state index >= 15 is 0 Å². The zero-order valence-corrected chi connectivity index (χ0v) is 11.4. The maximum Gasteiger partial charge on any atom is 0.134 e. The van der Waals surface area contributed by atoms with Gasteiger partial charge in [0.1, 0.15) is 23.1 Å². The Kier molecular flexibility index (Phi) is 4.44. The Labute approximate surface area is 121 Å². The van der Waals surface area contributed by atoms with Gasteiger partial charge >= 0.3 is 0 Å². The molecule has 0 spiro atoms. The van der Waals surface area contributed by atoms with Gasteiger partial charge in [0.05, 0.1) is 24.6 Å². The first-order chi connectivity index (χ1) is 9.67. The largest absolute Gasteiger partial charge is 0.497 e. The lowest BCUT2D eigenvalue weighted by atomic mass is 10.2. The average Bonchev–Trinajstić information content (AvgIpc) is 2.47. The van der Waals surface area contributed by atoms with Crippen LogP contribution in [0.2, 0.25) is 0 Å². The van der Waals surface area contributed by atoms with Gasteiger partial charge in [0.25, 0.3) is 0 Å². The fraction of sp³-hybridized carbons (Fsp3) is 0.133. The molecular formula is C15H11ClFNO2. The van der Waals surface area contributed by atoms with Crippen molar-refractivity contribution in [2.45, 2.75) is 5.88 Å². The number of hydrogen-bond acceptors (Lipinski definition) is 3. The number of halogens is 2. The quantitative estimate of drug-likeness (QED) is 0.791. The van der Waals surface area contributed by atoms with Gasteiger partial charge in [-0.25, -0.2) is 4.39 Å². The standard InChI is InChI=1S/C15H11ClFNO2/c1-19-11-5-10(9-18)6-12(7-11)20-15-4-2-3-14(17)13(15)8-16/h2-7H,8H2,1H3. The summed E-state index contributed by atoms with van der Waals surface area (Å²) >= 11 is 5.72. The first kappa shape index (κ1) is 14.2. The fourth-order valence-corrected chi connectivity index (χ4v) is 1.96. The van der Waals surface area contributed by atoms with E-state index in [9.17, 15) is 4.39 Å². The number of rotatable bonds is 4. The molecule has 20 heavy (non-hydrogen) atoms. The second-order valence-corrected chi connectivity index (χ2v) is 4.23. The number of ether oxygens (including phenoxy) is 2. The third kappa shape index (κ3) is 3.01. The van der Waals surface area contributed by atoms with E-state index in [1.807, 2.05) is 6.07 Å². The van der Waals surface area contributed by atoms with Crippen molar-refractivity contribution in [1.29, 1.82) is 5.26 Å². The normalized spacial score (nSPS) is 9.90. The topological polar surface area (TPSA) is 42.2 Å². The Morgan fingerprint density at radius 2 is 2.00 bits per heavy atom. The Morgan fingerprint density at radius 1 is 1.25 bits per heavy atom. The third-order valence-corrected chi connectivity index (χ3v) is 2.95. The maximum absolute atomic E-state index is 13.6. The molecule has 0 aliphatic rings. The van der Waals surface area contributed by atoms with Crippen LogP contribution in [0.1, 0.15) is 11.1 Å². The molecule has 0 unspecified atom stereocenters. The molecule has 0 fully saturated rings. The van der Waals surface area contributed by atoms with E-state index in [0.29, 0.717) is 22.8 Å². The number of nitriles is 1. The summed E-state index contributed by atoms with van der Waals surface area (Å²) in [4.78, 5) is 0. The molecule has 0 heterocycles. The van der Waals surface area contributed by atoms with E-state index < -0.39 is 5.82 Å². The van der Waals surface area contributed by atoms with Gasteiger partial charge in [0.2, 0.25) is 0 Å². The molecule has 0 radical (unpaired) electrons. The first-order valence-corrected chi connectivity index (χ1v) is 6.31. The third-order valence-electron chi connectivity index (χ3n) is 2.68. The molecule has 0 atom stereocenters. The molecule has 2 aromatic carbocycles. The second kappa shape index (κ2) is 6.27. The summed E-state index contributed by atoms with van der Waals surface area (Å²) in [5.41, 5.74) is 0.665. The lowest BCUT2D eigenvalue weighted by Gasteiger charge is -2.11. The zero-order chi connectivity index (χ0) is 14.5. The van der Waals surface area contributed by atoms with E-state index in [1.54, 1.807) is 24.3 Å². The molecule has 2 aromatic rings. The molecule has 102 valence electrons. The van der Waals surface area contributed by atoms with Crippen LogP contribution in [0.5, 0.6) is 17.2 Å². The summed E-state index contributed by atoms with van der Waals surface area (Å²) in [6.45, 7) is 0. The van der Waals surface area contributed by atoms with Crippen LogP contribution in [0.4, 0.5) is 4.39 Å². The van der Waals surface area contributed by atoms with Gasteiger partial charge in [0, 0.05) is 11.6 Å². The van der Waals surface area contributed by atoms with Crippen molar-refractivity contribution in [2.75, 3.05) is 7.11 Å². The summed E-state index contributed by atoms with van der Waals surface area (Å²) in [5, 5.41) is 8.95. The summed E-state index contributed by atoms with van der Waals surface area (Å²) in [6.07, 6.45) is 0. The van der Waals surface area contributed by atoms with Crippen molar-refractivity contribution in [3.8, 4) is 23.3 Å². The molecular weight excluding hydrogens is 281 g/mol. The molecule has 0 aliphatic carbocycles. The molecule has 0 saturated carbocycles. The molecule has 0 amide bonds. The number of methoxy groups -OCH3 is 1. The van der Waals surface area contributed by atoms with Crippen LogP contribution < -0.4 is 9.47 Å². The Balaban J connectivity index is 2.40. The van der Waals surface area contributed by atoms with E-state index in [-0.39, 0.29) is 11.4 Å². The highest BCUT2D eigenvalue weighted by molar-refractivity contribution is 6.17. The van der Waals surface area contributed by atoms with Gasteiger partial charge in [-0.05, 0) is 24.3 Å². The van der Waals surface area contributed by atoms with Crippen LogP contribution in [-0.2, 0) is 5.88 Å². The number of hydrogen-bond donors (Lipinski definition) is 0. The van der Waals surface area contributed by atoms with Crippen LogP contribution in [-0.4, -0.2) is 7.11 Å². The zero-order valence-electron chi connectivity index (χ0n) is 10.7. The maximum atomic E-state index is 13.6. The van der Waals surface area contributed by atoms with Crippen LogP contribution >= 0.6 is 11.6 Å². The van der Waals surface area contributed by atoms with Gasteiger partial charge in [-0.1, -0.05) is 6.07 Å². The lowest BCUT2D eigenvalue weighted by Crippen LogP contribution is -1.94. The molecule has 0 bridgehead atoms. The highest BCUT2D eigenvalue weighted by atomic mass is 35.5. The Hall–Kier alpha value is -2.25. The monoisotopic (exact) mass is 291 g/mol. The van der Waals surface area contributed by atoms with Gasteiger partial charge in [-0.15, -0.1) is 11.6 Å². The van der Waals surface area contributed by atoms with Gasteiger partial charge in [-0.2, -0.15) is 5.26 Å². The Bertz CT molecular complexity index is 667. The minimum atomic E-state index is -0.430. The highest BCUT2D eigenvalue weighted by Crippen LogP contribution is 2.31. The van der Waals surface area contributed by atoms with Crippen LogP contribution in [0.25, 0.3) is 0 Å². The molecule has 0 N–H and O–H groups in total. The fourth-order valence-electron chi connectivity index (χ4n) is 1.70. The second-order valence-electron chi connectivity index (χ2n) is 3.96. The lowest BCUT2D eigenvalue weighted by molar-refractivity contribution is 0.408. The summed E-state index contributed by atoms with van der Waals surface area (Å²) in [6, 6.07) is 11.2. The minimum absolute atomic E-state index is 0.00289. The molecule has 0 aliphatic heterocycles. The summed E-state index contributed by atoms with van der Waals surface area (Å²) in [7, 11) is 1.49. The van der Waals surface area contributed by atoms with Gasteiger partial charge < -0.3 is 9.47 Å². The number of benzene rings is 2. The highest BCUT2D eigenvalue weighted by Gasteiger charge is 2.10. The molecule has 2 rings (SSSR count). The van der Waals surface area contributed by atoms with E-state index in [4.69, 9.17) is 26.3 Å². The smallest absolute Gasteiger partial charge is 0.134 e. The van der Waals surface area contributed by atoms with E-state index in [1.165, 1.54) is 19.2 Å². The first-order valence-electron chi connectivity index (χ1n) is 5.78. The van der Waals surface area contributed by atoms with Crippen LogP contribution in [0.3, 0.4) is 0 Å². The SMILES string of the molecule is COc1cc(C#N)cc(Oc2cccc(F)c2CCl)c1. The van der Waals surface area contributed by atoms with Crippen molar-refractivity contribution in [3.63, 3.8) is 0 Å². The summed E-state index contributed by atoms with van der Waals surface area (Å²) in [5.74, 6) is 0.760. The predicted molar refractivity (Wildman–Crippen MR) is 73.7 cm³/mol. The molecule has 0 saturated heterocycles. The van der Waals surface area contributed by atoms with E-state index in [0.717, 1.165) is 0 Å². The van der Waals surface area contributed by atoms with Crippen LogP contribution in [0.15, 0.2) is 36.4 Å². The molecule has 5 heteroatoms. The average molecular weight is 292 g/mol. The molecule has 3 nitrogen and oxygen atoms in total. The molecule has 0 aromatic heterocycles. The van der Waals surface area contributed by atoms with Crippen molar-refractivity contribution >= 4 is 11.6 Å². The predicted octanol–water partition coefficient (Wildman–Crippen LogP) is 4.24. The van der Waals surface area contributed by atoms with Gasteiger partial charge in [-0.3, -0.25) is 0 Å². The minimum Gasteiger partial charge on any atom is -0.497 e.